The molecule has 0 bridgehead atoms. The summed E-state index contributed by atoms with van der Waals surface area (Å²) in [4.78, 5) is 14.7. The lowest BCUT2D eigenvalue weighted by Gasteiger charge is -2.36. The molecule has 2 fully saturated rings. The molecular formula is C17H33N3O. The van der Waals surface area contributed by atoms with Gasteiger partial charge in [0.05, 0.1) is 0 Å². The second kappa shape index (κ2) is 8.02. The minimum atomic E-state index is 0.0302. The van der Waals surface area contributed by atoms with E-state index in [1.807, 2.05) is 0 Å². The highest BCUT2D eigenvalue weighted by Gasteiger charge is 2.28. The second-order valence-electron chi connectivity index (χ2n) is 7.01. The van der Waals surface area contributed by atoms with E-state index in [-0.39, 0.29) is 6.03 Å². The van der Waals surface area contributed by atoms with Gasteiger partial charge in [-0.15, -0.1) is 0 Å². The van der Waals surface area contributed by atoms with Gasteiger partial charge in [-0.05, 0) is 44.2 Å². The van der Waals surface area contributed by atoms with Crippen molar-refractivity contribution in [1.82, 2.24) is 15.5 Å². The highest BCUT2D eigenvalue weighted by molar-refractivity contribution is 5.74. The third-order valence-corrected chi connectivity index (χ3v) is 5.68. The average molecular weight is 295 g/mol. The van der Waals surface area contributed by atoms with E-state index in [1.165, 1.54) is 38.6 Å². The molecule has 1 aliphatic carbocycles. The van der Waals surface area contributed by atoms with Crippen molar-refractivity contribution in [3.63, 3.8) is 0 Å². The average Bonchev–Trinajstić information content (AvgIpc) is 2.50. The first-order valence-corrected chi connectivity index (χ1v) is 8.90. The number of amides is 2. The lowest BCUT2D eigenvalue weighted by molar-refractivity contribution is 0.151. The van der Waals surface area contributed by atoms with Crippen molar-refractivity contribution >= 4 is 6.03 Å². The summed E-state index contributed by atoms with van der Waals surface area (Å²) in [6, 6.07) is 0.905. The summed E-state index contributed by atoms with van der Waals surface area (Å²) in [7, 11) is 0. The molecule has 0 aromatic carbocycles. The predicted molar refractivity (Wildman–Crippen MR) is 87.4 cm³/mol. The molecular weight excluding hydrogens is 262 g/mol. The van der Waals surface area contributed by atoms with Gasteiger partial charge in [-0.1, -0.05) is 40.0 Å². The number of rotatable bonds is 4. The van der Waals surface area contributed by atoms with Gasteiger partial charge in [0.15, 0.2) is 0 Å². The fourth-order valence-corrected chi connectivity index (χ4v) is 3.92. The number of carbonyl (C=O) groups is 1. The van der Waals surface area contributed by atoms with E-state index in [2.05, 4.69) is 36.3 Å². The Bertz CT molecular complexity index is 334. The lowest BCUT2D eigenvalue weighted by Crippen LogP contribution is -2.52. The molecule has 0 spiro atoms. The number of likely N-dealkylation sites (tertiary alicyclic amines) is 1. The first-order chi connectivity index (χ1) is 10.1. The normalized spacial score (nSPS) is 34.4. The molecule has 1 aliphatic heterocycles. The Morgan fingerprint density at radius 1 is 1.14 bits per heavy atom. The third kappa shape index (κ3) is 4.60. The van der Waals surface area contributed by atoms with Crippen LogP contribution in [0.15, 0.2) is 0 Å². The van der Waals surface area contributed by atoms with Crippen molar-refractivity contribution in [3.8, 4) is 0 Å². The number of urea groups is 1. The molecule has 4 atom stereocenters. The summed E-state index contributed by atoms with van der Waals surface area (Å²) >= 11 is 0. The summed E-state index contributed by atoms with van der Waals surface area (Å²) in [6.07, 6.45) is 7.47. The Labute approximate surface area is 130 Å². The van der Waals surface area contributed by atoms with Crippen LogP contribution in [0.3, 0.4) is 0 Å². The van der Waals surface area contributed by atoms with Crippen LogP contribution in [0.5, 0.6) is 0 Å². The molecule has 0 aromatic rings. The molecule has 0 aromatic heterocycles. The summed E-state index contributed by atoms with van der Waals surface area (Å²) < 4.78 is 0. The fourth-order valence-electron chi connectivity index (χ4n) is 3.92. The van der Waals surface area contributed by atoms with E-state index in [4.69, 9.17) is 0 Å². The van der Waals surface area contributed by atoms with Crippen LogP contribution in [0.25, 0.3) is 0 Å². The van der Waals surface area contributed by atoms with Crippen LogP contribution in [0.2, 0.25) is 0 Å². The molecule has 0 unspecified atom stereocenters. The molecule has 2 aliphatic rings. The Balaban J connectivity index is 1.74. The Morgan fingerprint density at radius 2 is 1.95 bits per heavy atom. The van der Waals surface area contributed by atoms with Crippen molar-refractivity contribution < 1.29 is 4.79 Å². The number of hydrogen-bond acceptors (Lipinski definition) is 2. The third-order valence-electron chi connectivity index (χ3n) is 5.68. The van der Waals surface area contributed by atoms with E-state index < -0.39 is 0 Å². The van der Waals surface area contributed by atoms with Crippen molar-refractivity contribution in [2.75, 3.05) is 19.6 Å². The zero-order chi connectivity index (χ0) is 15.2. The van der Waals surface area contributed by atoms with Crippen molar-refractivity contribution in [1.29, 1.82) is 0 Å². The van der Waals surface area contributed by atoms with Gasteiger partial charge in [-0.25, -0.2) is 4.79 Å². The van der Waals surface area contributed by atoms with Crippen molar-refractivity contribution in [2.45, 2.75) is 71.4 Å². The van der Waals surface area contributed by atoms with Gasteiger partial charge in [-0.3, -0.25) is 4.90 Å². The van der Waals surface area contributed by atoms with Gasteiger partial charge in [0.1, 0.15) is 0 Å². The molecule has 1 saturated carbocycles. The summed E-state index contributed by atoms with van der Waals surface area (Å²) in [5.74, 6) is 1.31. The Hall–Kier alpha value is -0.770. The molecule has 0 radical (unpaired) electrons. The molecule has 2 amide bonds. The van der Waals surface area contributed by atoms with E-state index >= 15 is 0 Å². The summed E-state index contributed by atoms with van der Waals surface area (Å²) in [5.41, 5.74) is 0. The van der Waals surface area contributed by atoms with Crippen LogP contribution < -0.4 is 10.6 Å². The smallest absolute Gasteiger partial charge is 0.315 e. The highest BCUT2D eigenvalue weighted by Crippen LogP contribution is 2.29. The molecule has 122 valence electrons. The van der Waals surface area contributed by atoms with Gasteiger partial charge >= 0.3 is 6.03 Å². The number of hydrogen-bond donors (Lipinski definition) is 2. The van der Waals surface area contributed by atoms with Crippen LogP contribution in [0, 0.1) is 11.8 Å². The number of nitrogens with one attached hydrogen (secondary N) is 2. The standard InChI is InChI=1S/C17H33N3O/c1-4-20-11-6-5-9-15(20)12-18-17(21)19-16-10-7-8-13(2)14(16)3/h13-16H,4-12H2,1-3H3,(H2,18,19,21)/t13-,14+,15-,16-/m1/s1. The number of carbonyl (C=O) groups excluding carboxylic acids is 1. The van der Waals surface area contributed by atoms with E-state index in [1.54, 1.807) is 0 Å². The predicted octanol–water partition coefficient (Wildman–Crippen LogP) is 2.98. The molecule has 21 heavy (non-hydrogen) atoms. The monoisotopic (exact) mass is 295 g/mol. The SMILES string of the molecule is CCN1CCCC[C@@H]1CNC(=O)N[C@@H]1CCC[C@@H](C)[C@@H]1C. The quantitative estimate of drug-likeness (QED) is 0.837. The van der Waals surface area contributed by atoms with Crippen LogP contribution in [0.4, 0.5) is 4.79 Å². The first-order valence-electron chi connectivity index (χ1n) is 8.90. The van der Waals surface area contributed by atoms with E-state index in [9.17, 15) is 4.79 Å². The minimum absolute atomic E-state index is 0.0302. The minimum Gasteiger partial charge on any atom is -0.337 e. The topological polar surface area (TPSA) is 44.4 Å². The zero-order valence-corrected chi connectivity index (χ0v) is 14.0. The number of piperidine rings is 1. The maximum absolute atomic E-state index is 12.2. The molecule has 4 nitrogen and oxygen atoms in total. The molecule has 4 heteroatoms. The van der Waals surface area contributed by atoms with Gasteiger partial charge in [-0.2, -0.15) is 0 Å². The molecule has 1 heterocycles. The zero-order valence-electron chi connectivity index (χ0n) is 14.0. The van der Waals surface area contributed by atoms with E-state index in [0.717, 1.165) is 25.4 Å². The maximum atomic E-state index is 12.2. The van der Waals surface area contributed by atoms with Crippen LogP contribution in [0.1, 0.15) is 59.3 Å². The number of likely N-dealkylation sites (N-methyl/N-ethyl adjacent to an activating group) is 1. The maximum Gasteiger partial charge on any atom is 0.315 e. The van der Waals surface area contributed by atoms with Crippen LogP contribution in [-0.2, 0) is 0 Å². The fraction of sp³-hybridized carbons (Fsp3) is 0.941. The van der Waals surface area contributed by atoms with Crippen molar-refractivity contribution in [3.05, 3.63) is 0 Å². The first kappa shape index (κ1) is 16.6. The highest BCUT2D eigenvalue weighted by atomic mass is 16.2. The van der Waals surface area contributed by atoms with Gasteiger partial charge in [0.25, 0.3) is 0 Å². The van der Waals surface area contributed by atoms with Crippen LogP contribution >= 0.6 is 0 Å². The van der Waals surface area contributed by atoms with Crippen molar-refractivity contribution in [2.24, 2.45) is 11.8 Å². The summed E-state index contributed by atoms with van der Waals surface area (Å²) in [5, 5.41) is 6.31. The number of nitrogens with zero attached hydrogens (tertiary/aromatic N) is 1. The Morgan fingerprint density at radius 3 is 2.71 bits per heavy atom. The van der Waals surface area contributed by atoms with Gasteiger partial charge in [0.2, 0.25) is 0 Å². The van der Waals surface area contributed by atoms with Crippen LogP contribution in [-0.4, -0.2) is 42.6 Å². The van der Waals surface area contributed by atoms with Gasteiger partial charge < -0.3 is 10.6 Å². The summed E-state index contributed by atoms with van der Waals surface area (Å²) in [6.45, 7) is 9.85. The largest absolute Gasteiger partial charge is 0.337 e. The second-order valence-corrected chi connectivity index (χ2v) is 7.01. The van der Waals surface area contributed by atoms with Gasteiger partial charge in [0, 0.05) is 18.6 Å². The molecule has 1 saturated heterocycles. The molecule has 2 rings (SSSR count). The van der Waals surface area contributed by atoms with E-state index in [0.29, 0.717) is 18.0 Å². The Kier molecular flexibility index (Phi) is 6.34. The lowest BCUT2D eigenvalue weighted by atomic mass is 9.78. The molecule has 2 N–H and O–H groups in total.